The van der Waals surface area contributed by atoms with E-state index in [9.17, 15) is 39.3 Å². The third-order valence-corrected chi connectivity index (χ3v) is 4.79. The van der Waals surface area contributed by atoms with Crippen LogP contribution < -0.4 is 5.32 Å². The van der Waals surface area contributed by atoms with Crippen LogP contribution in [0.5, 0.6) is 0 Å². The number of nitrogens with zero attached hydrogens (tertiary/aromatic N) is 2. The van der Waals surface area contributed by atoms with Gasteiger partial charge in [0, 0.05) is 45.1 Å². The molecular formula is C19H29N3O9. The van der Waals surface area contributed by atoms with Crippen LogP contribution in [0.4, 0.5) is 0 Å². The molecule has 1 aliphatic rings. The normalized spacial score (nSPS) is 16.2. The maximum Gasteiger partial charge on any atom is 0.326 e. The second-order valence-electron chi connectivity index (χ2n) is 7.18. The molecule has 4 amide bonds. The van der Waals surface area contributed by atoms with E-state index < -0.39 is 48.5 Å². The van der Waals surface area contributed by atoms with Crippen molar-refractivity contribution in [3.63, 3.8) is 0 Å². The number of aliphatic hydroxyl groups excluding tert-OH is 3. The summed E-state index contributed by atoms with van der Waals surface area (Å²) in [5, 5.41) is 39.2. The molecule has 0 saturated heterocycles. The van der Waals surface area contributed by atoms with Crippen molar-refractivity contribution < 1.29 is 44.4 Å². The zero-order valence-corrected chi connectivity index (χ0v) is 17.3. The minimum absolute atomic E-state index is 0.150. The molecule has 5 N–H and O–H groups in total. The number of imide groups is 1. The van der Waals surface area contributed by atoms with Gasteiger partial charge in [-0.25, -0.2) is 4.79 Å². The quantitative estimate of drug-likeness (QED) is 0.183. The Kier molecular flexibility index (Phi) is 10.8. The third kappa shape index (κ3) is 8.82. The summed E-state index contributed by atoms with van der Waals surface area (Å²) in [7, 11) is 1.50. The molecule has 0 saturated carbocycles. The molecule has 0 fully saturated rings. The summed E-state index contributed by atoms with van der Waals surface area (Å²) in [5.41, 5.74) is 0. The molecule has 0 aromatic rings. The van der Waals surface area contributed by atoms with Gasteiger partial charge in [-0.2, -0.15) is 0 Å². The standard InChI is InChI=1S/C19H29N3O9/c1-21(9-2-3-13(24)14(25)11-23)16(27)5-4-12(19(30)31)20-15(26)8-10-22-17(28)6-7-18(22)29/h6-7,12-14,23-25H,2-5,8-11H2,1H3,(H,20,26)(H,30,31)/t12-,13-,14+/m0/s1. The molecule has 1 aliphatic heterocycles. The molecule has 0 radical (unpaired) electrons. The minimum Gasteiger partial charge on any atom is -0.480 e. The average molecular weight is 443 g/mol. The molecule has 3 atom stereocenters. The Balaban J connectivity index is 2.38. The summed E-state index contributed by atoms with van der Waals surface area (Å²) in [6.07, 6.45) is -0.232. The number of aliphatic carboxylic acids is 1. The Morgan fingerprint density at radius 3 is 2.23 bits per heavy atom. The highest BCUT2D eigenvalue weighted by Crippen LogP contribution is 2.07. The first-order valence-corrected chi connectivity index (χ1v) is 9.83. The zero-order valence-electron chi connectivity index (χ0n) is 17.3. The van der Waals surface area contributed by atoms with E-state index in [0.717, 1.165) is 17.1 Å². The number of aliphatic hydroxyl groups is 3. The van der Waals surface area contributed by atoms with E-state index in [1.165, 1.54) is 11.9 Å². The summed E-state index contributed by atoms with van der Waals surface area (Å²) in [6.45, 7) is -0.495. The Morgan fingerprint density at radius 1 is 1.06 bits per heavy atom. The van der Waals surface area contributed by atoms with Crippen LogP contribution in [-0.2, 0) is 24.0 Å². The predicted octanol–water partition coefficient (Wildman–Crippen LogP) is -2.40. The van der Waals surface area contributed by atoms with Gasteiger partial charge in [0.1, 0.15) is 12.1 Å². The fourth-order valence-electron chi connectivity index (χ4n) is 2.82. The first kappa shape index (κ1) is 26.2. The SMILES string of the molecule is CN(CCC[C@H](O)[C@H](O)CO)C(=O)CC[C@H](NC(=O)CCN1C(=O)C=CC1=O)C(=O)O. The van der Waals surface area contributed by atoms with Crippen LogP contribution in [0.2, 0.25) is 0 Å². The van der Waals surface area contributed by atoms with Crippen molar-refractivity contribution in [3.8, 4) is 0 Å². The first-order chi connectivity index (χ1) is 14.6. The molecule has 0 aromatic carbocycles. The number of nitrogens with one attached hydrogen (secondary N) is 1. The molecule has 0 aliphatic carbocycles. The lowest BCUT2D eigenvalue weighted by atomic mass is 10.1. The topological polar surface area (TPSA) is 185 Å². The lowest BCUT2D eigenvalue weighted by Crippen LogP contribution is -2.43. The molecule has 31 heavy (non-hydrogen) atoms. The van der Waals surface area contributed by atoms with Crippen molar-refractivity contribution in [1.82, 2.24) is 15.1 Å². The van der Waals surface area contributed by atoms with Gasteiger partial charge in [-0.05, 0) is 19.3 Å². The number of carboxylic acid groups (broad SMARTS) is 1. The van der Waals surface area contributed by atoms with Crippen LogP contribution in [-0.4, -0.2) is 105 Å². The van der Waals surface area contributed by atoms with Crippen molar-refractivity contribution in [3.05, 3.63) is 12.2 Å². The minimum atomic E-state index is -1.32. The van der Waals surface area contributed by atoms with E-state index in [4.69, 9.17) is 5.11 Å². The van der Waals surface area contributed by atoms with E-state index in [0.29, 0.717) is 6.42 Å². The molecule has 1 heterocycles. The maximum atomic E-state index is 12.2. The molecule has 0 unspecified atom stereocenters. The maximum absolute atomic E-state index is 12.2. The number of carboxylic acids is 1. The predicted molar refractivity (Wildman–Crippen MR) is 105 cm³/mol. The van der Waals surface area contributed by atoms with E-state index in [1.807, 2.05) is 0 Å². The van der Waals surface area contributed by atoms with Crippen molar-refractivity contribution in [2.75, 3.05) is 26.7 Å². The van der Waals surface area contributed by atoms with E-state index >= 15 is 0 Å². The number of hydrogen-bond acceptors (Lipinski definition) is 8. The summed E-state index contributed by atoms with van der Waals surface area (Å²) >= 11 is 0. The summed E-state index contributed by atoms with van der Waals surface area (Å²) in [4.78, 5) is 60.6. The smallest absolute Gasteiger partial charge is 0.326 e. The van der Waals surface area contributed by atoms with Crippen LogP contribution in [0.25, 0.3) is 0 Å². The summed E-state index contributed by atoms with van der Waals surface area (Å²) < 4.78 is 0. The molecular weight excluding hydrogens is 414 g/mol. The largest absolute Gasteiger partial charge is 0.480 e. The van der Waals surface area contributed by atoms with E-state index in [-0.39, 0.29) is 44.7 Å². The van der Waals surface area contributed by atoms with Crippen molar-refractivity contribution in [2.45, 2.75) is 50.4 Å². The number of rotatable bonds is 14. The van der Waals surface area contributed by atoms with Gasteiger partial charge in [-0.3, -0.25) is 24.1 Å². The summed E-state index contributed by atoms with van der Waals surface area (Å²) in [5.74, 6) is -3.44. The second kappa shape index (κ2) is 12.8. The first-order valence-electron chi connectivity index (χ1n) is 9.83. The molecule has 0 spiro atoms. The lowest BCUT2D eigenvalue weighted by Gasteiger charge is -2.21. The molecule has 0 aromatic heterocycles. The third-order valence-electron chi connectivity index (χ3n) is 4.79. The van der Waals surface area contributed by atoms with Gasteiger partial charge in [-0.1, -0.05) is 0 Å². The molecule has 12 nitrogen and oxygen atoms in total. The number of hydrogen-bond donors (Lipinski definition) is 5. The fourth-order valence-corrected chi connectivity index (χ4v) is 2.82. The molecule has 12 heteroatoms. The van der Waals surface area contributed by atoms with Crippen LogP contribution in [0.3, 0.4) is 0 Å². The van der Waals surface area contributed by atoms with E-state index in [2.05, 4.69) is 5.32 Å². The monoisotopic (exact) mass is 443 g/mol. The van der Waals surface area contributed by atoms with Gasteiger partial charge in [-0.15, -0.1) is 0 Å². The van der Waals surface area contributed by atoms with Crippen molar-refractivity contribution in [2.24, 2.45) is 0 Å². The van der Waals surface area contributed by atoms with Gasteiger partial charge in [0.05, 0.1) is 12.7 Å². The van der Waals surface area contributed by atoms with Gasteiger partial charge < -0.3 is 30.6 Å². The highest BCUT2D eigenvalue weighted by Gasteiger charge is 2.26. The van der Waals surface area contributed by atoms with Crippen LogP contribution in [0.1, 0.15) is 32.1 Å². The Morgan fingerprint density at radius 2 is 1.68 bits per heavy atom. The Labute approximate surface area is 179 Å². The number of carbonyl (C=O) groups is 5. The Bertz CT molecular complexity index is 692. The van der Waals surface area contributed by atoms with Gasteiger partial charge >= 0.3 is 5.97 Å². The number of amides is 4. The average Bonchev–Trinajstić information content (AvgIpc) is 3.05. The highest BCUT2D eigenvalue weighted by atomic mass is 16.4. The van der Waals surface area contributed by atoms with Crippen LogP contribution in [0, 0.1) is 0 Å². The van der Waals surface area contributed by atoms with Crippen molar-refractivity contribution >= 4 is 29.6 Å². The number of carbonyl (C=O) groups excluding carboxylic acids is 4. The second-order valence-corrected chi connectivity index (χ2v) is 7.18. The lowest BCUT2D eigenvalue weighted by molar-refractivity contribution is -0.143. The fraction of sp³-hybridized carbons (Fsp3) is 0.632. The summed E-state index contributed by atoms with van der Waals surface area (Å²) in [6, 6.07) is -1.31. The zero-order chi connectivity index (χ0) is 23.6. The van der Waals surface area contributed by atoms with Gasteiger partial charge in [0.25, 0.3) is 11.8 Å². The Hall–Kier alpha value is -2.83. The van der Waals surface area contributed by atoms with Crippen LogP contribution >= 0.6 is 0 Å². The van der Waals surface area contributed by atoms with Gasteiger partial charge in [0.2, 0.25) is 11.8 Å². The molecule has 0 bridgehead atoms. The van der Waals surface area contributed by atoms with Crippen molar-refractivity contribution in [1.29, 1.82) is 0 Å². The van der Waals surface area contributed by atoms with E-state index in [1.54, 1.807) is 0 Å². The molecule has 174 valence electrons. The molecule has 1 rings (SSSR count). The van der Waals surface area contributed by atoms with Crippen LogP contribution in [0.15, 0.2) is 12.2 Å². The van der Waals surface area contributed by atoms with Gasteiger partial charge in [0.15, 0.2) is 0 Å². The highest BCUT2D eigenvalue weighted by molar-refractivity contribution is 6.13.